The highest BCUT2D eigenvalue weighted by molar-refractivity contribution is 6.30. The lowest BCUT2D eigenvalue weighted by Crippen LogP contribution is -2.46. The number of likely N-dealkylation sites (tertiary alicyclic amines) is 1. The SMILES string of the molecule is CC(C)N1CCC(N[C@@H](CO)c2ccc(Cl)c(F)c2)CC1. The van der Waals surface area contributed by atoms with Crippen LogP contribution in [0.2, 0.25) is 5.02 Å². The van der Waals surface area contributed by atoms with Gasteiger partial charge >= 0.3 is 0 Å². The van der Waals surface area contributed by atoms with Gasteiger partial charge in [-0.2, -0.15) is 0 Å². The summed E-state index contributed by atoms with van der Waals surface area (Å²) in [5.41, 5.74) is 0.741. The number of aliphatic hydroxyl groups is 1. The molecule has 118 valence electrons. The van der Waals surface area contributed by atoms with Gasteiger partial charge < -0.3 is 15.3 Å². The maximum atomic E-state index is 13.5. The number of hydrogen-bond donors (Lipinski definition) is 2. The highest BCUT2D eigenvalue weighted by Gasteiger charge is 2.23. The Bertz CT molecular complexity index is 462. The van der Waals surface area contributed by atoms with Gasteiger partial charge in [0.15, 0.2) is 0 Å². The Labute approximate surface area is 131 Å². The van der Waals surface area contributed by atoms with E-state index in [4.69, 9.17) is 11.6 Å². The lowest BCUT2D eigenvalue weighted by atomic mass is 10.00. The molecule has 1 aromatic carbocycles. The topological polar surface area (TPSA) is 35.5 Å². The van der Waals surface area contributed by atoms with E-state index in [0.29, 0.717) is 12.1 Å². The summed E-state index contributed by atoms with van der Waals surface area (Å²) >= 11 is 5.70. The number of nitrogens with one attached hydrogen (secondary N) is 1. The standard InChI is InChI=1S/C16H24ClFN2O/c1-11(2)20-7-5-13(6-8-20)19-16(10-21)12-3-4-14(17)15(18)9-12/h3-4,9,11,13,16,19,21H,5-8,10H2,1-2H3/t16-/m0/s1. The van der Waals surface area contributed by atoms with Crippen molar-refractivity contribution in [3.63, 3.8) is 0 Å². The van der Waals surface area contributed by atoms with E-state index >= 15 is 0 Å². The van der Waals surface area contributed by atoms with E-state index in [-0.39, 0.29) is 17.7 Å². The van der Waals surface area contributed by atoms with Gasteiger partial charge in [0, 0.05) is 12.1 Å². The Morgan fingerprint density at radius 1 is 1.38 bits per heavy atom. The summed E-state index contributed by atoms with van der Waals surface area (Å²) < 4.78 is 13.5. The van der Waals surface area contributed by atoms with Crippen LogP contribution < -0.4 is 5.32 Å². The van der Waals surface area contributed by atoms with Crippen molar-refractivity contribution < 1.29 is 9.50 Å². The molecule has 1 aliphatic rings. The van der Waals surface area contributed by atoms with Gasteiger partial charge in [-0.05, 0) is 57.5 Å². The minimum atomic E-state index is -0.441. The zero-order valence-electron chi connectivity index (χ0n) is 12.6. The van der Waals surface area contributed by atoms with Crippen LogP contribution in [0.3, 0.4) is 0 Å². The number of benzene rings is 1. The van der Waals surface area contributed by atoms with Crippen molar-refractivity contribution in [1.82, 2.24) is 10.2 Å². The molecule has 1 saturated heterocycles. The van der Waals surface area contributed by atoms with Gasteiger partial charge in [0.2, 0.25) is 0 Å². The third kappa shape index (κ3) is 4.39. The van der Waals surface area contributed by atoms with Crippen molar-refractivity contribution in [3.8, 4) is 0 Å². The predicted molar refractivity (Wildman–Crippen MR) is 84.1 cm³/mol. The summed E-state index contributed by atoms with van der Waals surface area (Å²) in [5, 5.41) is 13.1. The minimum absolute atomic E-state index is 0.0501. The molecule has 5 heteroatoms. The summed E-state index contributed by atoms with van der Waals surface area (Å²) in [4.78, 5) is 2.45. The van der Waals surface area contributed by atoms with Crippen molar-refractivity contribution in [3.05, 3.63) is 34.6 Å². The van der Waals surface area contributed by atoms with Gasteiger partial charge in [-0.15, -0.1) is 0 Å². The highest BCUT2D eigenvalue weighted by Crippen LogP contribution is 2.22. The van der Waals surface area contributed by atoms with Gasteiger partial charge in [-0.1, -0.05) is 17.7 Å². The van der Waals surface area contributed by atoms with Crippen LogP contribution in [-0.2, 0) is 0 Å². The smallest absolute Gasteiger partial charge is 0.142 e. The van der Waals surface area contributed by atoms with E-state index in [1.165, 1.54) is 12.1 Å². The van der Waals surface area contributed by atoms with E-state index < -0.39 is 5.82 Å². The molecule has 21 heavy (non-hydrogen) atoms. The second kappa shape index (κ2) is 7.54. The maximum Gasteiger partial charge on any atom is 0.142 e. The molecule has 0 bridgehead atoms. The molecule has 0 spiro atoms. The van der Waals surface area contributed by atoms with Crippen molar-refractivity contribution in [2.24, 2.45) is 0 Å². The van der Waals surface area contributed by atoms with Gasteiger partial charge in [0.25, 0.3) is 0 Å². The first-order valence-corrected chi connectivity index (χ1v) is 7.95. The normalized spacial score (nSPS) is 19.1. The van der Waals surface area contributed by atoms with Crippen LogP contribution in [0.4, 0.5) is 4.39 Å². The van der Waals surface area contributed by atoms with Crippen molar-refractivity contribution in [1.29, 1.82) is 0 Å². The van der Waals surface area contributed by atoms with Crippen LogP contribution in [0.25, 0.3) is 0 Å². The molecule has 0 radical (unpaired) electrons. The van der Waals surface area contributed by atoms with Crippen LogP contribution in [0, 0.1) is 5.82 Å². The largest absolute Gasteiger partial charge is 0.394 e. The molecule has 1 atom stereocenters. The maximum absolute atomic E-state index is 13.5. The van der Waals surface area contributed by atoms with E-state index in [0.717, 1.165) is 31.5 Å². The predicted octanol–water partition coefficient (Wildman–Crippen LogP) is 2.97. The summed E-state index contributed by atoms with van der Waals surface area (Å²) in [6, 6.07) is 5.40. The second-order valence-electron chi connectivity index (χ2n) is 5.98. The van der Waals surface area contributed by atoms with E-state index in [1.807, 2.05) is 0 Å². The molecule has 0 unspecified atom stereocenters. The Kier molecular flexibility index (Phi) is 5.99. The highest BCUT2D eigenvalue weighted by atomic mass is 35.5. The second-order valence-corrected chi connectivity index (χ2v) is 6.39. The quantitative estimate of drug-likeness (QED) is 0.877. The third-order valence-electron chi connectivity index (χ3n) is 4.23. The molecular formula is C16H24ClFN2O. The fourth-order valence-electron chi connectivity index (χ4n) is 2.85. The van der Waals surface area contributed by atoms with E-state index in [9.17, 15) is 9.50 Å². The van der Waals surface area contributed by atoms with Gasteiger partial charge in [-0.25, -0.2) is 4.39 Å². The first kappa shape index (κ1) is 16.7. The summed E-state index contributed by atoms with van der Waals surface area (Å²) in [6.45, 7) is 6.48. The number of nitrogens with zero attached hydrogens (tertiary/aromatic N) is 1. The lowest BCUT2D eigenvalue weighted by Gasteiger charge is -2.36. The third-order valence-corrected chi connectivity index (χ3v) is 4.53. The van der Waals surface area contributed by atoms with Gasteiger partial charge in [0.05, 0.1) is 17.7 Å². The van der Waals surface area contributed by atoms with E-state index in [2.05, 4.69) is 24.1 Å². The lowest BCUT2D eigenvalue weighted by molar-refractivity contribution is 0.146. The van der Waals surface area contributed by atoms with Crippen molar-refractivity contribution in [2.45, 2.75) is 44.8 Å². The van der Waals surface area contributed by atoms with Crippen LogP contribution in [0.15, 0.2) is 18.2 Å². The number of halogens is 2. The monoisotopic (exact) mass is 314 g/mol. The fourth-order valence-corrected chi connectivity index (χ4v) is 2.97. The van der Waals surface area contributed by atoms with Crippen molar-refractivity contribution >= 4 is 11.6 Å². The Morgan fingerprint density at radius 3 is 2.57 bits per heavy atom. The molecule has 0 amide bonds. The molecule has 0 aromatic heterocycles. The molecule has 3 nitrogen and oxygen atoms in total. The zero-order valence-corrected chi connectivity index (χ0v) is 13.4. The van der Waals surface area contributed by atoms with Gasteiger partial charge in [-0.3, -0.25) is 0 Å². The number of aliphatic hydroxyl groups excluding tert-OH is 1. The summed E-state index contributed by atoms with van der Waals surface area (Å²) in [6.07, 6.45) is 2.09. The summed E-state index contributed by atoms with van der Waals surface area (Å²) in [7, 11) is 0. The average Bonchev–Trinajstić information content (AvgIpc) is 2.48. The average molecular weight is 315 g/mol. The minimum Gasteiger partial charge on any atom is -0.394 e. The summed E-state index contributed by atoms with van der Waals surface area (Å²) in [5.74, 6) is -0.441. The van der Waals surface area contributed by atoms with Crippen LogP contribution in [-0.4, -0.2) is 41.8 Å². The number of piperidine rings is 1. The first-order valence-electron chi connectivity index (χ1n) is 7.57. The van der Waals surface area contributed by atoms with E-state index in [1.54, 1.807) is 6.07 Å². The molecular weight excluding hydrogens is 291 g/mol. The zero-order chi connectivity index (χ0) is 15.4. The molecule has 1 heterocycles. The fraction of sp³-hybridized carbons (Fsp3) is 0.625. The number of hydrogen-bond acceptors (Lipinski definition) is 3. The molecule has 2 N–H and O–H groups in total. The molecule has 0 saturated carbocycles. The molecule has 1 fully saturated rings. The molecule has 2 rings (SSSR count). The number of rotatable bonds is 5. The first-order chi connectivity index (χ1) is 10.0. The van der Waals surface area contributed by atoms with Crippen LogP contribution >= 0.6 is 11.6 Å². The Balaban J connectivity index is 1.95. The molecule has 1 aliphatic heterocycles. The van der Waals surface area contributed by atoms with Crippen LogP contribution in [0.1, 0.15) is 38.3 Å². The Morgan fingerprint density at radius 2 is 2.05 bits per heavy atom. The molecule has 1 aromatic rings. The van der Waals surface area contributed by atoms with Crippen LogP contribution in [0.5, 0.6) is 0 Å². The van der Waals surface area contributed by atoms with Gasteiger partial charge in [0.1, 0.15) is 5.82 Å². The Hall–Kier alpha value is -0.680. The van der Waals surface area contributed by atoms with Crippen molar-refractivity contribution in [2.75, 3.05) is 19.7 Å². The molecule has 0 aliphatic carbocycles.